The van der Waals surface area contributed by atoms with Crippen LogP contribution < -0.4 is 10.6 Å². The molecule has 2 saturated heterocycles. The van der Waals surface area contributed by atoms with Gasteiger partial charge in [0, 0.05) is 44.9 Å². The average molecular weight is 283 g/mol. The van der Waals surface area contributed by atoms with Crippen molar-refractivity contribution >= 4 is 6.03 Å². The maximum Gasteiger partial charge on any atom is 0.315 e. The van der Waals surface area contributed by atoms with E-state index >= 15 is 0 Å². The average Bonchev–Trinajstić information content (AvgIpc) is 2.41. The van der Waals surface area contributed by atoms with Crippen molar-refractivity contribution in [2.45, 2.75) is 51.6 Å². The monoisotopic (exact) mass is 283 g/mol. The molecule has 2 aliphatic rings. The Morgan fingerprint density at radius 3 is 2.20 bits per heavy atom. The first-order valence-electron chi connectivity index (χ1n) is 8.00. The van der Waals surface area contributed by atoms with E-state index in [4.69, 9.17) is 4.74 Å². The molecule has 2 fully saturated rings. The highest BCUT2D eigenvalue weighted by molar-refractivity contribution is 5.74. The molecule has 0 bridgehead atoms. The van der Waals surface area contributed by atoms with Crippen molar-refractivity contribution in [2.24, 2.45) is 5.92 Å². The predicted molar refractivity (Wildman–Crippen MR) is 79.8 cm³/mol. The summed E-state index contributed by atoms with van der Waals surface area (Å²) in [6, 6.07) is 0.613. The summed E-state index contributed by atoms with van der Waals surface area (Å²) in [6.07, 6.45) is 3.99. The molecule has 0 saturated carbocycles. The first kappa shape index (κ1) is 15.6. The van der Waals surface area contributed by atoms with Gasteiger partial charge in [0.15, 0.2) is 0 Å². The molecule has 2 rings (SSSR count). The maximum absolute atomic E-state index is 12.0. The van der Waals surface area contributed by atoms with Gasteiger partial charge in [0.1, 0.15) is 0 Å². The van der Waals surface area contributed by atoms with Crippen molar-refractivity contribution in [3.05, 3.63) is 0 Å². The van der Waals surface area contributed by atoms with Gasteiger partial charge in [-0.3, -0.25) is 0 Å². The van der Waals surface area contributed by atoms with E-state index in [1.807, 2.05) is 0 Å². The van der Waals surface area contributed by atoms with Gasteiger partial charge in [-0.05, 0) is 31.6 Å². The van der Waals surface area contributed by atoms with Crippen LogP contribution in [0.5, 0.6) is 0 Å². The molecular weight excluding hydrogens is 254 g/mol. The Labute approximate surface area is 122 Å². The Balaban J connectivity index is 1.63. The molecule has 0 spiro atoms. The highest BCUT2D eigenvalue weighted by Crippen LogP contribution is 2.12. The summed E-state index contributed by atoms with van der Waals surface area (Å²) in [6.45, 7) is 9.40. The Hall–Kier alpha value is -0.810. The molecule has 5 heteroatoms. The predicted octanol–water partition coefficient (Wildman–Crippen LogP) is 1.58. The first-order chi connectivity index (χ1) is 9.63. The van der Waals surface area contributed by atoms with Gasteiger partial charge < -0.3 is 20.3 Å². The molecule has 2 N–H and O–H groups in total. The van der Waals surface area contributed by atoms with E-state index in [0.717, 1.165) is 57.9 Å². The molecular formula is C15H29N3O2. The molecule has 5 nitrogen and oxygen atoms in total. The molecule has 2 aliphatic heterocycles. The maximum atomic E-state index is 12.0. The summed E-state index contributed by atoms with van der Waals surface area (Å²) in [7, 11) is 0. The minimum Gasteiger partial charge on any atom is -0.381 e. The number of urea groups is 1. The Kier molecular flexibility index (Phi) is 6.10. The van der Waals surface area contributed by atoms with E-state index in [1.165, 1.54) is 6.54 Å². The lowest BCUT2D eigenvalue weighted by molar-refractivity contribution is 0.0797. The minimum atomic E-state index is -0.000732. The number of piperidine rings is 1. The second kappa shape index (κ2) is 7.84. The van der Waals surface area contributed by atoms with Gasteiger partial charge in [0.05, 0.1) is 0 Å². The van der Waals surface area contributed by atoms with Crippen molar-refractivity contribution in [1.29, 1.82) is 0 Å². The van der Waals surface area contributed by atoms with Crippen molar-refractivity contribution in [3.8, 4) is 0 Å². The van der Waals surface area contributed by atoms with Gasteiger partial charge in [-0.1, -0.05) is 13.8 Å². The van der Waals surface area contributed by atoms with E-state index in [0.29, 0.717) is 6.04 Å². The highest BCUT2D eigenvalue weighted by Gasteiger charge is 2.22. The second-order valence-corrected chi connectivity index (χ2v) is 6.47. The summed E-state index contributed by atoms with van der Waals surface area (Å²) in [5.41, 5.74) is 0. The van der Waals surface area contributed by atoms with E-state index < -0.39 is 0 Å². The molecule has 0 unspecified atom stereocenters. The number of carbonyl (C=O) groups is 1. The molecule has 20 heavy (non-hydrogen) atoms. The van der Waals surface area contributed by atoms with Crippen LogP contribution in [-0.4, -0.2) is 55.9 Å². The number of rotatable bonds is 4. The molecule has 2 heterocycles. The number of hydrogen-bond acceptors (Lipinski definition) is 3. The lowest BCUT2D eigenvalue weighted by Crippen LogP contribution is -2.51. The van der Waals surface area contributed by atoms with Gasteiger partial charge in [0.2, 0.25) is 0 Å². The van der Waals surface area contributed by atoms with Crippen LogP contribution in [0.3, 0.4) is 0 Å². The van der Waals surface area contributed by atoms with E-state index in [2.05, 4.69) is 29.4 Å². The molecule has 0 aromatic carbocycles. The second-order valence-electron chi connectivity index (χ2n) is 6.47. The minimum absolute atomic E-state index is 0.000732. The smallest absolute Gasteiger partial charge is 0.315 e. The third kappa shape index (κ3) is 5.29. The van der Waals surface area contributed by atoms with Gasteiger partial charge in [0.25, 0.3) is 0 Å². The van der Waals surface area contributed by atoms with Gasteiger partial charge >= 0.3 is 6.03 Å². The van der Waals surface area contributed by atoms with Crippen LogP contribution in [0.15, 0.2) is 0 Å². The normalized spacial score (nSPS) is 22.9. The summed E-state index contributed by atoms with van der Waals surface area (Å²) < 4.78 is 5.30. The quantitative estimate of drug-likeness (QED) is 0.824. The highest BCUT2D eigenvalue weighted by atomic mass is 16.5. The van der Waals surface area contributed by atoms with Crippen LogP contribution in [0.4, 0.5) is 4.79 Å². The van der Waals surface area contributed by atoms with Crippen molar-refractivity contribution < 1.29 is 9.53 Å². The van der Waals surface area contributed by atoms with Crippen molar-refractivity contribution in [2.75, 3.05) is 32.8 Å². The fourth-order valence-electron chi connectivity index (χ4n) is 3.03. The van der Waals surface area contributed by atoms with Crippen LogP contribution >= 0.6 is 0 Å². The molecule has 0 aliphatic carbocycles. The van der Waals surface area contributed by atoms with E-state index in [9.17, 15) is 4.79 Å². The fraction of sp³-hybridized carbons (Fsp3) is 0.933. The summed E-state index contributed by atoms with van der Waals surface area (Å²) in [5.74, 6) is 0.719. The third-order valence-electron chi connectivity index (χ3n) is 4.10. The van der Waals surface area contributed by atoms with Crippen LogP contribution in [0.25, 0.3) is 0 Å². The molecule has 0 aromatic heterocycles. The topological polar surface area (TPSA) is 53.6 Å². The summed E-state index contributed by atoms with van der Waals surface area (Å²) in [4.78, 5) is 14.5. The fourth-order valence-corrected chi connectivity index (χ4v) is 3.03. The molecule has 0 aromatic rings. The van der Waals surface area contributed by atoms with Crippen LogP contribution in [-0.2, 0) is 4.74 Å². The van der Waals surface area contributed by atoms with Gasteiger partial charge in [-0.25, -0.2) is 4.79 Å². The van der Waals surface area contributed by atoms with Gasteiger partial charge in [-0.2, -0.15) is 0 Å². The van der Waals surface area contributed by atoms with Crippen molar-refractivity contribution in [3.63, 3.8) is 0 Å². The molecule has 2 amide bonds. The zero-order valence-corrected chi connectivity index (χ0v) is 12.9. The number of nitrogens with zero attached hydrogens (tertiary/aromatic N) is 1. The Bertz CT molecular complexity index is 295. The standard InChI is InChI=1S/C15H29N3O2/c1-12(2)11-18-7-3-13(4-8-18)16-15(19)17-14-5-9-20-10-6-14/h12-14H,3-11H2,1-2H3,(H2,16,17,19). The van der Waals surface area contributed by atoms with Crippen LogP contribution in [0.1, 0.15) is 39.5 Å². The molecule has 0 atom stereocenters. The number of hydrogen-bond donors (Lipinski definition) is 2. The molecule has 116 valence electrons. The number of nitrogens with one attached hydrogen (secondary N) is 2. The zero-order valence-electron chi connectivity index (χ0n) is 12.9. The first-order valence-corrected chi connectivity index (χ1v) is 8.00. The van der Waals surface area contributed by atoms with Crippen LogP contribution in [0, 0.1) is 5.92 Å². The van der Waals surface area contributed by atoms with E-state index in [-0.39, 0.29) is 12.1 Å². The summed E-state index contributed by atoms with van der Waals surface area (Å²) >= 11 is 0. The van der Waals surface area contributed by atoms with E-state index in [1.54, 1.807) is 0 Å². The van der Waals surface area contributed by atoms with Crippen LogP contribution in [0.2, 0.25) is 0 Å². The third-order valence-corrected chi connectivity index (χ3v) is 4.10. The SMILES string of the molecule is CC(C)CN1CCC(NC(=O)NC2CCOCC2)CC1. The Morgan fingerprint density at radius 2 is 1.65 bits per heavy atom. The lowest BCUT2D eigenvalue weighted by Gasteiger charge is -2.33. The number of carbonyl (C=O) groups excluding carboxylic acids is 1. The molecule has 0 radical (unpaired) electrons. The number of likely N-dealkylation sites (tertiary alicyclic amines) is 1. The lowest BCUT2D eigenvalue weighted by atomic mass is 10.0. The Morgan fingerprint density at radius 1 is 1.10 bits per heavy atom. The number of ether oxygens (including phenoxy) is 1. The largest absolute Gasteiger partial charge is 0.381 e. The zero-order chi connectivity index (χ0) is 14.4. The van der Waals surface area contributed by atoms with Gasteiger partial charge in [-0.15, -0.1) is 0 Å². The number of amides is 2. The van der Waals surface area contributed by atoms with Crippen molar-refractivity contribution in [1.82, 2.24) is 15.5 Å². The summed E-state index contributed by atoms with van der Waals surface area (Å²) in [5, 5.41) is 6.19.